The van der Waals surface area contributed by atoms with Gasteiger partial charge in [0.05, 0.1) is 27.8 Å². The first-order valence-corrected chi connectivity index (χ1v) is 10.4. The van der Waals surface area contributed by atoms with Crippen molar-refractivity contribution in [2.24, 2.45) is 0 Å². The summed E-state index contributed by atoms with van der Waals surface area (Å²) in [5.74, 6) is -0.838. The number of halogens is 3. The second kappa shape index (κ2) is 8.66. The van der Waals surface area contributed by atoms with E-state index in [1.165, 1.54) is 24.3 Å². The molecule has 174 valence electrons. The minimum Gasteiger partial charge on any atom is -0.324 e. The molecule has 1 aromatic heterocycles. The summed E-state index contributed by atoms with van der Waals surface area (Å²) in [6.07, 6.45) is -4.66. The molecule has 9 heteroatoms. The summed E-state index contributed by atoms with van der Waals surface area (Å²) in [6.45, 7) is 3.07. The van der Waals surface area contributed by atoms with Gasteiger partial charge in [-0.25, -0.2) is 9.36 Å². The predicted molar refractivity (Wildman–Crippen MR) is 123 cm³/mol. The highest BCUT2D eigenvalue weighted by molar-refractivity contribution is 5.92. The Labute approximate surface area is 191 Å². The fourth-order valence-corrected chi connectivity index (χ4v) is 3.95. The van der Waals surface area contributed by atoms with Gasteiger partial charge in [-0.05, 0) is 61.4 Å². The lowest BCUT2D eigenvalue weighted by Crippen LogP contribution is -2.41. The first-order valence-electron chi connectivity index (χ1n) is 10.4. The zero-order valence-electron chi connectivity index (χ0n) is 18.3. The Hall–Kier alpha value is -4.14. The number of benzene rings is 3. The fourth-order valence-electron chi connectivity index (χ4n) is 3.95. The van der Waals surface area contributed by atoms with Crippen LogP contribution >= 0.6 is 0 Å². The van der Waals surface area contributed by atoms with Crippen molar-refractivity contribution in [1.82, 2.24) is 9.13 Å². The Kier molecular flexibility index (Phi) is 5.87. The van der Waals surface area contributed by atoms with Crippen LogP contribution in [0.2, 0.25) is 0 Å². The van der Waals surface area contributed by atoms with Crippen molar-refractivity contribution in [2.75, 3.05) is 5.32 Å². The molecule has 0 atom stereocenters. The van der Waals surface area contributed by atoms with Gasteiger partial charge in [-0.1, -0.05) is 30.3 Å². The molecule has 0 saturated carbocycles. The number of carbonyl (C=O) groups excluding carboxylic acids is 1. The number of amides is 1. The molecule has 0 fully saturated rings. The molecule has 1 amide bonds. The Bertz CT molecular complexity index is 1510. The third kappa shape index (κ3) is 4.36. The van der Waals surface area contributed by atoms with Crippen LogP contribution in [0, 0.1) is 13.8 Å². The van der Waals surface area contributed by atoms with E-state index in [0.29, 0.717) is 5.69 Å². The first kappa shape index (κ1) is 23.0. The third-order valence-corrected chi connectivity index (χ3v) is 5.32. The molecular formula is C25H20F3N3O3. The number of aryl methyl sites for hydroxylation is 2. The normalized spacial score (nSPS) is 11.6. The van der Waals surface area contributed by atoms with Crippen molar-refractivity contribution in [2.45, 2.75) is 26.6 Å². The van der Waals surface area contributed by atoms with Crippen molar-refractivity contribution in [3.05, 3.63) is 104 Å². The van der Waals surface area contributed by atoms with Crippen LogP contribution in [0.25, 0.3) is 16.6 Å². The zero-order chi connectivity index (χ0) is 24.6. The standard InChI is InChI=1S/C25H20F3N3O3/c1-15-11-16(2)13-17(12-15)31-23(33)18-7-3-6-10-21(18)30(24(31)34)14-22(32)29-20-9-5-4-8-19(20)25(26,27)28/h3-13H,14H2,1-2H3,(H,29,32). The molecule has 0 unspecified atom stereocenters. The van der Waals surface area contributed by atoms with Gasteiger partial charge < -0.3 is 5.32 Å². The van der Waals surface area contributed by atoms with Crippen LogP contribution < -0.4 is 16.6 Å². The highest BCUT2D eigenvalue weighted by atomic mass is 19.4. The van der Waals surface area contributed by atoms with Gasteiger partial charge in [0.15, 0.2) is 0 Å². The molecule has 0 aliphatic heterocycles. The van der Waals surface area contributed by atoms with E-state index in [9.17, 15) is 27.6 Å². The number of nitrogens with one attached hydrogen (secondary N) is 1. The molecule has 0 radical (unpaired) electrons. The SMILES string of the molecule is Cc1cc(C)cc(-n2c(=O)c3ccccc3n(CC(=O)Nc3ccccc3C(F)(F)F)c2=O)c1. The molecule has 4 aromatic rings. The lowest BCUT2D eigenvalue weighted by molar-refractivity contribution is -0.137. The summed E-state index contributed by atoms with van der Waals surface area (Å²) >= 11 is 0. The number of fused-ring (bicyclic) bond motifs is 1. The number of carbonyl (C=O) groups is 1. The van der Waals surface area contributed by atoms with Gasteiger partial charge in [0.25, 0.3) is 5.56 Å². The molecule has 3 aromatic carbocycles. The highest BCUT2D eigenvalue weighted by Crippen LogP contribution is 2.34. The fraction of sp³-hybridized carbons (Fsp3) is 0.160. The van der Waals surface area contributed by atoms with Gasteiger partial charge in [0.1, 0.15) is 6.54 Å². The van der Waals surface area contributed by atoms with E-state index in [0.717, 1.165) is 32.4 Å². The second-order valence-electron chi connectivity index (χ2n) is 7.96. The van der Waals surface area contributed by atoms with Crippen LogP contribution in [0.5, 0.6) is 0 Å². The maximum absolute atomic E-state index is 13.4. The number of aromatic nitrogens is 2. The summed E-state index contributed by atoms with van der Waals surface area (Å²) in [4.78, 5) is 39.4. The van der Waals surface area contributed by atoms with Crippen molar-refractivity contribution in [3.8, 4) is 5.69 Å². The molecule has 4 rings (SSSR count). The Morgan fingerprint density at radius 1 is 0.912 bits per heavy atom. The summed E-state index contributed by atoms with van der Waals surface area (Å²) in [6, 6.07) is 16.1. The lowest BCUT2D eigenvalue weighted by atomic mass is 10.1. The molecule has 6 nitrogen and oxygen atoms in total. The molecule has 0 spiro atoms. The van der Waals surface area contributed by atoms with Crippen LogP contribution in [-0.2, 0) is 17.5 Å². The monoisotopic (exact) mass is 467 g/mol. The maximum Gasteiger partial charge on any atom is 0.418 e. The molecular weight excluding hydrogens is 447 g/mol. The van der Waals surface area contributed by atoms with Crippen LogP contribution in [0.1, 0.15) is 16.7 Å². The Balaban J connectivity index is 1.83. The molecule has 34 heavy (non-hydrogen) atoms. The number of rotatable bonds is 4. The molecule has 0 bridgehead atoms. The lowest BCUT2D eigenvalue weighted by Gasteiger charge is -2.16. The second-order valence-corrected chi connectivity index (χ2v) is 7.96. The number of alkyl halides is 3. The van der Waals surface area contributed by atoms with Gasteiger partial charge in [-0.3, -0.25) is 14.2 Å². The average molecular weight is 467 g/mol. The molecule has 0 aliphatic carbocycles. The van der Waals surface area contributed by atoms with E-state index >= 15 is 0 Å². The quantitative estimate of drug-likeness (QED) is 0.483. The van der Waals surface area contributed by atoms with E-state index in [4.69, 9.17) is 0 Å². The van der Waals surface area contributed by atoms with E-state index in [2.05, 4.69) is 5.32 Å². The topological polar surface area (TPSA) is 73.1 Å². The number of anilines is 1. The molecule has 0 aliphatic rings. The minimum atomic E-state index is -4.66. The van der Waals surface area contributed by atoms with E-state index in [1.54, 1.807) is 24.3 Å². The minimum absolute atomic E-state index is 0.199. The van der Waals surface area contributed by atoms with Crippen LogP contribution in [0.4, 0.5) is 18.9 Å². The zero-order valence-corrected chi connectivity index (χ0v) is 18.3. The predicted octanol–water partition coefficient (Wildman–Crippen LogP) is 4.43. The van der Waals surface area contributed by atoms with E-state index < -0.39 is 41.1 Å². The summed E-state index contributed by atoms with van der Waals surface area (Å²) in [7, 11) is 0. The number of hydrogen-bond acceptors (Lipinski definition) is 3. The molecule has 0 saturated heterocycles. The van der Waals surface area contributed by atoms with Gasteiger partial charge in [-0.15, -0.1) is 0 Å². The van der Waals surface area contributed by atoms with Crippen LogP contribution in [0.15, 0.2) is 76.3 Å². The summed E-state index contributed by atoms with van der Waals surface area (Å²) < 4.78 is 42.0. The maximum atomic E-state index is 13.4. The van der Waals surface area contributed by atoms with Crippen molar-refractivity contribution < 1.29 is 18.0 Å². The van der Waals surface area contributed by atoms with Crippen LogP contribution in [-0.4, -0.2) is 15.0 Å². The largest absolute Gasteiger partial charge is 0.418 e. The van der Waals surface area contributed by atoms with Crippen molar-refractivity contribution >= 4 is 22.5 Å². The molecule has 1 heterocycles. The Morgan fingerprint density at radius 2 is 1.53 bits per heavy atom. The number of nitrogens with zero attached hydrogens (tertiary/aromatic N) is 2. The van der Waals surface area contributed by atoms with Crippen LogP contribution in [0.3, 0.4) is 0 Å². The van der Waals surface area contributed by atoms with Crippen molar-refractivity contribution in [1.29, 1.82) is 0 Å². The Morgan fingerprint density at radius 3 is 2.21 bits per heavy atom. The summed E-state index contributed by atoms with van der Waals surface area (Å²) in [5.41, 5.74) is -0.518. The average Bonchev–Trinajstić information content (AvgIpc) is 2.76. The van der Waals surface area contributed by atoms with Gasteiger partial charge >= 0.3 is 11.9 Å². The third-order valence-electron chi connectivity index (χ3n) is 5.32. The first-order chi connectivity index (χ1) is 16.1. The van der Waals surface area contributed by atoms with Gasteiger partial charge in [0.2, 0.25) is 5.91 Å². The van der Waals surface area contributed by atoms with Gasteiger partial charge in [0, 0.05) is 0 Å². The summed E-state index contributed by atoms with van der Waals surface area (Å²) in [5, 5.41) is 2.44. The van der Waals surface area contributed by atoms with Gasteiger partial charge in [-0.2, -0.15) is 13.2 Å². The highest BCUT2D eigenvalue weighted by Gasteiger charge is 2.33. The smallest absolute Gasteiger partial charge is 0.324 e. The number of para-hydroxylation sites is 2. The number of hydrogen-bond donors (Lipinski definition) is 1. The molecule has 1 N–H and O–H groups in total. The van der Waals surface area contributed by atoms with E-state index in [-0.39, 0.29) is 10.9 Å². The van der Waals surface area contributed by atoms with Crippen molar-refractivity contribution in [3.63, 3.8) is 0 Å². The van der Waals surface area contributed by atoms with E-state index in [1.807, 2.05) is 19.9 Å².